The van der Waals surface area contributed by atoms with E-state index in [1.54, 1.807) is 4.68 Å². The molecule has 2 heterocycles. The van der Waals surface area contributed by atoms with Crippen molar-refractivity contribution in [3.05, 3.63) is 52.4 Å². The van der Waals surface area contributed by atoms with Crippen molar-refractivity contribution in [1.29, 1.82) is 0 Å². The van der Waals surface area contributed by atoms with Gasteiger partial charge < -0.3 is 10.1 Å². The number of nitrogens with one attached hydrogen (secondary N) is 2. The first-order valence-corrected chi connectivity index (χ1v) is 8.08. The van der Waals surface area contributed by atoms with Crippen LogP contribution in [0.2, 0.25) is 0 Å². The number of benzene rings is 1. The average Bonchev–Trinajstić information content (AvgIpc) is 2.94. The third kappa shape index (κ3) is 2.37. The summed E-state index contributed by atoms with van der Waals surface area (Å²) >= 11 is 3.47. The molecule has 1 aliphatic rings. The molecule has 0 saturated heterocycles. The predicted molar refractivity (Wildman–Crippen MR) is 88.2 cm³/mol. The third-order valence-corrected chi connectivity index (χ3v) is 4.81. The number of aryl methyl sites for hydroxylation is 1. The van der Waals surface area contributed by atoms with Gasteiger partial charge in [-0.15, -0.1) is 0 Å². The van der Waals surface area contributed by atoms with E-state index in [1.807, 2.05) is 43.7 Å². The van der Waals surface area contributed by atoms with Gasteiger partial charge in [0.15, 0.2) is 0 Å². The lowest BCUT2D eigenvalue weighted by molar-refractivity contribution is 0.114. The molecule has 2 aromatic heterocycles. The molecule has 5 nitrogen and oxygen atoms in total. The lowest BCUT2D eigenvalue weighted by Gasteiger charge is -2.20. The quantitative estimate of drug-likeness (QED) is 0.626. The van der Waals surface area contributed by atoms with Crippen molar-refractivity contribution in [3.63, 3.8) is 0 Å². The van der Waals surface area contributed by atoms with Crippen LogP contribution in [0.25, 0.3) is 10.9 Å². The fourth-order valence-electron chi connectivity index (χ4n) is 2.92. The monoisotopic (exact) mass is 360 g/mol. The number of aliphatic hydroxyl groups excluding tert-OH is 1. The molecule has 0 amide bonds. The van der Waals surface area contributed by atoms with Crippen molar-refractivity contribution in [2.24, 2.45) is 7.05 Å². The summed E-state index contributed by atoms with van der Waals surface area (Å²) in [6, 6.07) is 8.01. The molecule has 22 heavy (non-hydrogen) atoms. The Bertz CT molecular complexity index is 834. The molecule has 114 valence electrons. The summed E-state index contributed by atoms with van der Waals surface area (Å²) in [4.78, 5) is 3.28. The molecule has 1 aliphatic carbocycles. The normalized spacial score (nSPS) is 17.8. The van der Waals surface area contributed by atoms with E-state index < -0.39 is 6.23 Å². The minimum absolute atomic E-state index is 0.147. The Hall–Kier alpha value is -1.63. The van der Waals surface area contributed by atoms with Crippen LogP contribution in [-0.4, -0.2) is 19.9 Å². The zero-order valence-corrected chi connectivity index (χ0v) is 13.8. The molecule has 3 N–H and O–H groups in total. The molecule has 1 atom stereocenters. The molecule has 1 saturated carbocycles. The first-order chi connectivity index (χ1) is 10.6. The zero-order chi connectivity index (χ0) is 15.3. The SMILES string of the molecule is Cn1cc(C2(NC(O)c3cc4cc(Br)ccc4[nH]3)CC2)cn1. The molecule has 0 spiro atoms. The second kappa shape index (κ2) is 4.94. The van der Waals surface area contributed by atoms with Gasteiger partial charge in [-0.1, -0.05) is 15.9 Å². The number of H-pyrrole nitrogens is 1. The van der Waals surface area contributed by atoms with Crippen LogP contribution in [0.15, 0.2) is 41.1 Å². The van der Waals surface area contributed by atoms with E-state index in [1.165, 1.54) is 0 Å². The van der Waals surface area contributed by atoms with Gasteiger partial charge in [-0.3, -0.25) is 10.00 Å². The number of hydrogen-bond donors (Lipinski definition) is 3. The van der Waals surface area contributed by atoms with Crippen LogP contribution in [0, 0.1) is 0 Å². The molecular weight excluding hydrogens is 344 g/mol. The molecule has 0 radical (unpaired) electrons. The first-order valence-electron chi connectivity index (χ1n) is 7.29. The van der Waals surface area contributed by atoms with Crippen LogP contribution in [0.3, 0.4) is 0 Å². The minimum atomic E-state index is -0.728. The van der Waals surface area contributed by atoms with Gasteiger partial charge in [0.05, 0.1) is 11.9 Å². The van der Waals surface area contributed by atoms with Gasteiger partial charge in [-0.25, -0.2) is 0 Å². The maximum atomic E-state index is 10.6. The van der Waals surface area contributed by atoms with Crippen LogP contribution in [0.1, 0.15) is 30.3 Å². The molecule has 0 aliphatic heterocycles. The van der Waals surface area contributed by atoms with Crippen LogP contribution >= 0.6 is 15.9 Å². The lowest BCUT2D eigenvalue weighted by Crippen LogP contribution is -2.32. The maximum Gasteiger partial charge on any atom is 0.146 e. The summed E-state index contributed by atoms with van der Waals surface area (Å²) in [5.74, 6) is 0. The van der Waals surface area contributed by atoms with Crippen molar-refractivity contribution in [1.82, 2.24) is 20.1 Å². The fourth-order valence-corrected chi connectivity index (χ4v) is 3.30. The number of rotatable bonds is 4. The van der Waals surface area contributed by atoms with E-state index in [0.29, 0.717) is 0 Å². The van der Waals surface area contributed by atoms with Gasteiger partial charge in [-0.2, -0.15) is 5.10 Å². The van der Waals surface area contributed by atoms with Crippen molar-refractivity contribution >= 4 is 26.8 Å². The van der Waals surface area contributed by atoms with Crippen molar-refractivity contribution in [2.45, 2.75) is 24.6 Å². The van der Waals surface area contributed by atoms with E-state index in [4.69, 9.17) is 0 Å². The predicted octanol–water partition coefficient (Wildman–Crippen LogP) is 2.93. The van der Waals surface area contributed by atoms with Gasteiger partial charge in [0.25, 0.3) is 0 Å². The van der Waals surface area contributed by atoms with Crippen LogP contribution in [-0.2, 0) is 12.6 Å². The highest BCUT2D eigenvalue weighted by atomic mass is 79.9. The summed E-state index contributed by atoms with van der Waals surface area (Å²) in [7, 11) is 1.91. The van der Waals surface area contributed by atoms with E-state index in [2.05, 4.69) is 31.3 Å². The maximum absolute atomic E-state index is 10.6. The largest absolute Gasteiger partial charge is 0.373 e. The first kappa shape index (κ1) is 14.0. The smallest absolute Gasteiger partial charge is 0.146 e. The molecule has 1 aromatic carbocycles. The topological polar surface area (TPSA) is 65.9 Å². The van der Waals surface area contributed by atoms with E-state index in [0.717, 1.165) is 39.5 Å². The number of halogens is 1. The Labute approximate surface area is 136 Å². The highest BCUT2D eigenvalue weighted by Gasteiger charge is 2.46. The Morgan fingerprint density at radius 2 is 2.23 bits per heavy atom. The highest BCUT2D eigenvalue weighted by Crippen LogP contribution is 2.46. The number of hydrogen-bond acceptors (Lipinski definition) is 3. The van der Waals surface area contributed by atoms with E-state index in [9.17, 15) is 5.11 Å². The number of aromatic amines is 1. The Morgan fingerprint density at radius 1 is 1.41 bits per heavy atom. The van der Waals surface area contributed by atoms with Crippen molar-refractivity contribution < 1.29 is 5.11 Å². The number of aliphatic hydroxyl groups is 1. The summed E-state index contributed by atoms with van der Waals surface area (Å²) in [5.41, 5.74) is 2.78. The Balaban J connectivity index is 1.59. The lowest BCUT2D eigenvalue weighted by atomic mass is 10.1. The Morgan fingerprint density at radius 3 is 2.91 bits per heavy atom. The van der Waals surface area contributed by atoms with E-state index in [-0.39, 0.29) is 5.54 Å². The third-order valence-electron chi connectivity index (χ3n) is 4.32. The van der Waals surface area contributed by atoms with Crippen LogP contribution in [0.4, 0.5) is 0 Å². The van der Waals surface area contributed by atoms with Gasteiger partial charge in [0, 0.05) is 39.7 Å². The molecule has 4 rings (SSSR count). The molecule has 1 fully saturated rings. The van der Waals surface area contributed by atoms with Crippen LogP contribution < -0.4 is 5.32 Å². The second-order valence-corrected chi connectivity index (χ2v) is 6.90. The van der Waals surface area contributed by atoms with E-state index >= 15 is 0 Å². The fraction of sp³-hybridized carbons (Fsp3) is 0.312. The summed E-state index contributed by atoms with van der Waals surface area (Å²) in [5, 5.41) is 19.2. The zero-order valence-electron chi connectivity index (χ0n) is 12.2. The molecule has 0 bridgehead atoms. The van der Waals surface area contributed by atoms with Crippen molar-refractivity contribution in [2.75, 3.05) is 0 Å². The molecule has 1 unspecified atom stereocenters. The van der Waals surface area contributed by atoms with Gasteiger partial charge >= 0.3 is 0 Å². The van der Waals surface area contributed by atoms with Gasteiger partial charge in [0.2, 0.25) is 0 Å². The Kier molecular flexibility index (Phi) is 3.14. The number of nitrogens with zero attached hydrogens (tertiary/aromatic N) is 2. The number of fused-ring (bicyclic) bond motifs is 1. The standard InChI is InChI=1S/C16H17BrN4O/c1-21-9-11(8-18-21)16(4-5-16)20-15(22)14-7-10-6-12(17)2-3-13(10)19-14/h2-3,6-9,15,19-20,22H,4-5H2,1H3. The summed E-state index contributed by atoms with van der Waals surface area (Å²) in [6.07, 6.45) is 5.18. The highest BCUT2D eigenvalue weighted by molar-refractivity contribution is 9.10. The summed E-state index contributed by atoms with van der Waals surface area (Å²) in [6.45, 7) is 0. The second-order valence-electron chi connectivity index (χ2n) is 5.99. The van der Waals surface area contributed by atoms with Gasteiger partial charge in [0.1, 0.15) is 6.23 Å². The molecular formula is C16H17BrN4O. The summed E-state index contributed by atoms with van der Waals surface area (Å²) < 4.78 is 2.83. The molecule has 3 aromatic rings. The average molecular weight is 361 g/mol. The molecule has 6 heteroatoms. The number of aromatic nitrogens is 3. The van der Waals surface area contributed by atoms with Crippen molar-refractivity contribution in [3.8, 4) is 0 Å². The van der Waals surface area contributed by atoms with Gasteiger partial charge in [-0.05, 0) is 37.1 Å². The minimum Gasteiger partial charge on any atom is -0.373 e. The van der Waals surface area contributed by atoms with Crippen LogP contribution in [0.5, 0.6) is 0 Å².